The van der Waals surface area contributed by atoms with E-state index in [1.165, 1.54) is 27.8 Å². The van der Waals surface area contributed by atoms with E-state index in [9.17, 15) is 0 Å². The van der Waals surface area contributed by atoms with Gasteiger partial charge in [-0.05, 0) is 55.2 Å². The van der Waals surface area contributed by atoms with Gasteiger partial charge in [-0.1, -0.05) is 34.1 Å². The highest BCUT2D eigenvalue weighted by molar-refractivity contribution is 9.10. The minimum atomic E-state index is 0.354. The molecule has 0 radical (unpaired) electrons. The summed E-state index contributed by atoms with van der Waals surface area (Å²) in [6, 6.07) is 10.8. The number of aryl methyl sites for hydroxylation is 2. The van der Waals surface area contributed by atoms with Crippen LogP contribution in [0.1, 0.15) is 33.7 Å². The summed E-state index contributed by atoms with van der Waals surface area (Å²) in [5, 5.41) is 0. The van der Waals surface area contributed by atoms with E-state index in [-0.39, 0.29) is 0 Å². The molecule has 0 saturated carbocycles. The van der Waals surface area contributed by atoms with Gasteiger partial charge >= 0.3 is 0 Å². The van der Waals surface area contributed by atoms with Gasteiger partial charge in [0.15, 0.2) is 0 Å². The number of hydrogen-bond donors (Lipinski definition) is 0. The summed E-state index contributed by atoms with van der Waals surface area (Å²) in [5.74, 6) is 1.45. The zero-order valence-corrected chi connectivity index (χ0v) is 13.0. The van der Waals surface area contributed by atoms with E-state index < -0.39 is 0 Å². The minimum Gasteiger partial charge on any atom is -0.492 e. The molecule has 3 rings (SSSR count). The lowest BCUT2D eigenvalue weighted by Gasteiger charge is -2.14. The van der Waals surface area contributed by atoms with Gasteiger partial charge in [-0.15, -0.1) is 0 Å². The fourth-order valence-electron chi connectivity index (χ4n) is 2.93. The Morgan fingerprint density at radius 1 is 1.11 bits per heavy atom. The summed E-state index contributed by atoms with van der Waals surface area (Å²) in [7, 11) is 0. The summed E-state index contributed by atoms with van der Waals surface area (Å²) in [6.45, 7) is 7.23. The highest BCUT2D eigenvalue weighted by atomic mass is 79.9. The number of rotatable bonds is 1. The van der Waals surface area contributed by atoms with Crippen LogP contribution in [0.5, 0.6) is 5.75 Å². The van der Waals surface area contributed by atoms with Crippen LogP contribution < -0.4 is 4.74 Å². The van der Waals surface area contributed by atoms with Gasteiger partial charge in [0.1, 0.15) is 5.75 Å². The summed E-state index contributed by atoms with van der Waals surface area (Å²) < 4.78 is 7.11. The average Bonchev–Trinajstić information content (AvgIpc) is 2.81. The van der Waals surface area contributed by atoms with Crippen molar-refractivity contribution in [1.82, 2.24) is 0 Å². The van der Waals surface area contributed by atoms with Crippen LogP contribution in [0.25, 0.3) is 0 Å². The predicted molar refractivity (Wildman–Crippen MR) is 82.1 cm³/mol. The molecule has 2 aromatic carbocycles. The van der Waals surface area contributed by atoms with Crippen molar-refractivity contribution in [2.75, 3.05) is 6.61 Å². The highest BCUT2D eigenvalue weighted by Gasteiger charge is 2.29. The first-order valence-electron chi connectivity index (χ1n) is 6.57. The topological polar surface area (TPSA) is 9.23 Å². The Kier molecular flexibility index (Phi) is 3.14. The van der Waals surface area contributed by atoms with Gasteiger partial charge in [-0.2, -0.15) is 0 Å². The van der Waals surface area contributed by atoms with Gasteiger partial charge in [-0.3, -0.25) is 0 Å². The van der Waals surface area contributed by atoms with Crippen LogP contribution >= 0.6 is 15.9 Å². The fourth-order valence-corrected chi connectivity index (χ4v) is 3.34. The molecule has 1 nitrogen and oxygen atoms in total. The number of halogens is 1. The molecule has 1 aliphatic rings. The van der Waals surface area contributed by atoms with E-state index in [0.29, 0.717) is 5.92 Å². The third-order valence-corrected chi connectivity index (χ3v) is 4.52. The van der Waals surface area contributed by atoms with Gasteiger partial charge in [0.2, 0.25) is 0 Å². The molecule has 0 bridgehead atoms. The Morgan fingerprint density at radius 3 is 2.63 bits per heavy atom. The SMILES string of the molecule is Cc1cc(C)c2c(c1C)OCC2c1cccc(Br)c1. The van der Waals surface area contributed by atoms with Gasteiger partial charge in [0.25, 0.3) is 0 Å². The van der Waals surface area contributed by atoms with Crippen molar-refractivity contribution in [2.24, 2.45) is 0 Å². The van der Waals surface area contributed by atoms with E-state index >= 15 is 0 Å². The maximum Gasteiger partial charge on any atom is 0.126 e. The molecule has 2 heteroatoms. The zero-order chi connectivity index (χ0) is 13.6. The highest BCUT2D eigenvalue weighted by Crippen LogP contribution is 2.43. The van der Waals surface area contributed by atoms with Gasteiger partial charge in [0.05, 0.1) is 6.61 Å². The Bertz CT molecular complexity index is 646. The first kappa shape index (κ1) is 12.7. The summed E-state index contributed by atoms with van der Waals surface area (Å²) in [4.78, 5) is 0. The molecule has 0 aromatic heterocycles. The van der Waals surface area contributed by atoms with Crippen molar-refractivity contribution in [2.45, 2.75) is 26.7 Å². The minimum absolute atomic E-state index is 0.354. The van der Waals surface area contributed by atoms with Gasteiger partial charge in [-0.25, -0.2) is 0 Å². The lowest BCUT2D eigenvalue weighted by atomic mass is 9.88. The second-order valence-electron chi connectivity index (χ2n) is 5.30. The normalized spacial score (nSPS) is 17.2. The lowest BCUT2D eigenvalue weighted by molar-refractivity contribution is 0.341. The molecule has 0 spiro atoms. The largest absolute Gasteiger partial charge is 0.492 e. The quantitative estimate of drug-likeness (QED) is 0.727. The Balaban J connectivity index is 2.15. The standard InChI is InChI=1S/C17H17BrO/c1-10-7-11(2)16-15(9-19-17(16)12(10)3)13-5-4-6-14(18)8-13/h4-8,15H,9H2,1-3H3. The molecule has 1 unspecified atom stereocenters. The monoisotopic (exact) mass is 316 g/mol. The molecule has 1 atom stereocenters. The third-order valence-electron chi connectivity index (χ3n) is 4.03. The van der Waals surface area contributed by atoms with Crippen LogP contribution in [0.3, 0.4) is 0 Å². The maximum atomic E-state index is 5.98. The summed E-state index contributed by atoms with van der Waals surface area (Å²) in [6.07, 6.45) is 0. The Morgan fingerprint density at radius 2 is 1.89 bits per heavy atom. The zero-order valence-electron chi connectivity index (χ0n) is 11.5. The molecule has 0 N–H and O–H groups in total. The molecule has 0 amide bonds. The smallest absolute Gasteiger partial charge is 0.126 e. The molecule has 1 heterocycles. The van der Waals surface area contributed by atoms with Crippen LogP contribution in [-0.2, 0) is 0 Å². The first-order chi connectivity index (χ1) is 9.08. The number of fused-ring (bicyclic) bond motifs is 1. The van der Waals surface area contributed by atoms with Crippen molar-refractivity contribution < 1.29 is 4.74 Å². The number of benzene rings is 2. The molecule has 98 valence electrons. The van der Waals surface area contributed by atoms with Gasteiger partial charge < -0.3 is 4.74 Å². The van der Waals surface area contributed by atoms with Crippen molar-refractivity contribution in [3.8, 4) is 5.75 Å². The third kappa shape index (κ3) is 2.08. The van der Waals surface area contributed by atoms with E-state index in [0.717, 1.165) is 16.8 Å². The molecule has 1 aliphatic heterocycles. The van der Waals surface area contributed by atoms with Crippen LogP contribution in [0.4, 0.5) is 0 Å². The Labute approximate surface area is 122 Å². The van der Waals surface area contributed by atoms with Gasteiger partial charge in [0, 0.05) is 16.0 Å². The van der Waals surface area contributed by atoms with E-state index in [4.69, 9.17) is 4.74 Å². The van der Waals surface area contributed by atoms with Crippen molar-refractivity contribution in [1.29, 1.82) is 0 Å². The van der Waals surface area contributed by atoms with Crippen LogP contribution in [0.15, 0.2) is 34.8 Å². The maximum absolute atomic E-state index is 5.98. The number of ether oxygens (including phenoxy) is 1. The van der Waals surface area contributed by atoms with Crippen LogP contribution in [0, 0.1) is 20.8 Å². The second kappa shape index (κ2) is 4.68. The number of hydrogen-bond acceptors (Lipinski definition) is 1. The average molecular weight is 317 g/mol. The fraction of sp³-hybridized carbons (Fsp3) is 0.294. The van der Waals surface area contributed by atoms with Crippen LogP contribution in [-0.4, -0.2) is 6.61 Å². The van der Waals surface area contributed by atoms with Crippen molar-refractivity contribution in [3.05, 3.63) is 62.6 Å². The predicted octanol–water partition coefficient (Wildman–Crippen LogP) is 4.90. The second-order valence-corrected chi connectivity index (χ2v) is 6.21. The molecule has 0 saturated heterocycles. The van der Waals surface area contributed by atoms with E-state index in [1.807, 2.05) is 0 Å². The molecule has 0 fully saturated rings. The van der Waals surface area contributed by atoms with Crippen molar-refractivity contribution >= 4 is 15.9 Å². The first-order valence-corrected chi connectivity index (χ1v) is 7.36. The molecule has 0 aliphatic carbocycles. The summed E-state index contributed by atoms with van der Waals surface area (Å²) >= 11 is 3.55. The van der Waals surface area contributed by atoms with E-state index in [2.05, 4.69) is 67.0 Å². The molecular formula is C17H17BrO. The molecule has 2 aromatic rings. The van der Waals surface area contributed by atoms with E-state index in [1.54, 1.807) is 0 Å². The summed E-state index contributed by atoms with van der Waals surface area (Å²) in [5.41, 5.74) is 6.60. The molecule has 19 heavy (non-hydrogen) atoms. The molecular weight excluding hydrogens is 300 g/mol. The van der Waals surface area contributed by atoms with Crippen LogP contribution in [0.2, 0.25) is 0 Å². The Hall–Kier alpha value is -1.28. The lowest BCUT2D eigenvalue weighted by Crippen LogP contribution is -2.03. The van der Waals surface area contributed by atoms with Crippen molar-refractivity contribution in [3.63, 3.8) is 0 Å².